The fourth-order valence-corrected chi connectivity index (χ4v) is 0.642. The Morgan fingerprint density at radius 2 is 2.40 bits per heavy atom. The van der Waals surface area contributed by atoms with Crippen LogP contribution in [0, 0.1) is 0 Å². The third kappa shape index (κ3) is 1.43. The van der Waals surface area contributed by atoms with E-state index in [1.807, 2.05) is 0 Å². The molecule has 3 nitrogen and oxygen atoms in total. The monoisotopic (exact) mass is 148 g/mol. The molecule has 0 atom stereocenters. The molecular weight excluding hydrogens is 142 g/mol. The number of hydrogen-bond donors (Lipinski definition) is 1. The molecule has 1 N–H and O–H groups in total. The molecule has 5 heteroatoms. The van der Waals surface area contributed by atoms with E-state index < -0.39 is 18.7 Å². The summed E-state index contributed by atoms with van der Waals surface area (Å²) in [5.41, 5.74) is -0.500. The van der Waals surface area contributed by atoms with Gasteiger partial charge in [0, 0.05) is 12.4 Å². The second-order valence-electron chi connectivity index (χ2n) is 1.81. The van der Waals surface area contributed by atoms with Crippen LogP contribution in [0.3, 0.4) is 0 Å². The Hall–Kier alpha value is -1.13. The Balaban J connectivity index is 2.75. The Kier molecular flexibility index (Phi) is 1.84. The number of rotatable bonds is 2. The van der Waals surface area contributed by atoms with Crippen molar-refractivity contribution in [3.05, 3.63) is 22.9 Å². The molecule has 0 saturated carbocycles. The average Bonchev–Trinajstić information content (AvgIpc) is 2.15. The first-order chi connectivity index (χ1) is 4.70. The molecule has 0 aliphatic heterocycles. The fraction of sp³-hybridized carbons (Fsp3) is 0.400. The van der Waals surface area contributed by atoms with Gasteiger partial charge in [-0.3, -0.25) is 4.57 Å². The van der Waals surface area contributed by atoms with Crippen LogP contribution in [0.4, 0.5) is 8.78 Å². The van der Waals surface area contributed by atoms with E-state index >= 15 is 0 Å². The predicted octanol–water partition coefficient (Wildman–Crippen LogP) is 0.441. The van der Waals surface area contributed by atoms with E-state index in [4.69, 9.17) is 0 Å². The Morgan fingerprint density at radius 1 is 1.70 bits per heavy atom. The van der Waals surface area contributed by atoms with Crippen molar-refractivity contribution in [3.63, 3.8) is 0 Å². The molecular formula is C5H6F2N2O. The van der Waals surface area contributed by atoms with Crippen LogP contribution >= 0.6 is 0 Å². The molecule has 0 aliphatic carbocycles. The smallest absolute Gasteiger partial charge is 0.313 e. The van der Waals surface area contributed by atoms with Crippen LogP contribution in [-0.4, -0.2) is 16.0 Å². The zero-order chi connectivity index (χ0) is 7.56. The van der Waals surface area contributed by atoms with Gasteiger partial charge >= 0.3 is 5.69 Å². The first-order valence-electron chi connectivity index (χ1n) is 2.72. The van der Waals surface area contributed by atoms with Crippen molar-refractivity contribution in [1.82, 2.24) is 9.55 Å². The molecule has 0 amide bonds. The van der Waals surface area contributed by atoms with E-state index in [2.05, 4.69) is 4.98 Å². The van der Waals surface area contributed by atoms with Gasteiger partial charge in [-0.2, -0.15) is 0 Å². The molecule has 0 bridgehead atoms. The molecule has 1 heterocycles. The number of alkyl halides is 2. The van der Waals surface area contributed by atoms with Gasteiger partial charge in [0.05, 0.1) is 6.54 Å². The minimum absolute atomic E-state index is 0.500. The highest BCUT2D eigenvalue weighted by Gasteiger charge is 2.04. The van der Waals surface area contributed by atoms with E-state index in [0.29, 0.717) is 0 Å². The van der Waals surface area contributed by atoms with E-state index in [1.54, 1.807) is 0 Å². The first-order valence-corrected chi connectivity index (χ1v) is 2.72. The lowest BCUT2D eigenvalue weighted by atomic mass is 10.6. The van der Waals surface area contributed by atoms with Crippen molar-refractivity contribution in [3.8, 4) is 0 Å². The number of hydrogen-bond acceptors (Lipinski definition) is 1. The summed E-state index contributed by atoms with van der Waals surface area (Å²) in [6, 6.07) is 0. The zero-order valence-electron chi connectivity index (χ0n) is 5.05. The van der Waals surface area contributed by atoms with Crippen LogP contribution in [0.5, 0.6) is 0 Å². The predicted molar refractivity (Wildman–Crippen MR) is 31.1 cm³/mol. The van der Waals surface area contributed by atoms with Gasteiger partial charge in [0.25, 0.3) is 6.43 Å². The van der Waals surface area contributed by atoms with Crippen molar-refractivity contribution < 1.29 is 8.78 Å². The summed E-state index contributed by atoms with van der Waals surface area (Å²) in [4.78, 5) is 12.8. The molecule has 1 rings (SSSR count). The van der Waals surface area contributed by atoms with E-state index in [1.165, 1.54) is 12.4 Å². The number of aromatic nitrogens is 2. The minimum atomic E-state index is -2.48. The number of H-pyrrole nitrogens is 1. The summed E-state index contributed by atoms with van der Waals surface area (Å²) < 4.78 is 24.1. The number of aromatic amines is 1. The maximum absolute atomic E-state index is 11.6. The third-order valence-corrected chi connectivity index (χ3v) is 1.06. The van der Waals surface area contributed by atoms with E-state index in [-0.39, 0.29) is 0 Å². The normalized spacial score (nSPS) is 10.7. The van der Waals surface area contributed by atoms with E-state index in [9.17, 15) is 13.6 Å². The Labute approximate surface area is 55.3 Å². The number of nitrogens with zero attached hydrogens (tertiary/aromatic N) is 1. The summed E-state index contributed by atoms with van der Waals surface area (Å²) in [5.74, 6) is 0. The summed E-state index contributed by atoms with van der Waals surface area (Å²) in [5, 5.41) is 0. The van der Waals surface area contributed by atoms with Crippen molar-refractivity contribution in [2.75, 3.05) is 0 Å². The van der Waals surface area contributed by atoms with Crippen molar-refractivity contribution in [1.29, 1.82) is 0 Å². The van der Waals surface area contributed by atoms with Crippen LogP contribution in [0.25, 0.3) is 0 Å². The summed E-state index contributed by atoms with van der Waals surface area (Å²) in [6.45, 7) is -0.539. The maximum atomic E-state index is 11.6. The van der Waals surface area contributed by atoms with Crippen LogP contribution in [0.1, 0.15) is 0 Å². The standard InChI is InChI=1S/C5H6F2N2O/c6-4(7)3-9-2-1-8-5(9)10/h1-2,4H,3H2,(H,8,10). The highest BCUT2D eigenvalue weighted by molar-refractivity contribution is 4.75. The summed E-state index contributed by atoms with van der Waals surface area (Å²) >= 11 is 0. The van der Waals surface area contributed by atoms with Crippen molar-refractivity contribution in [2.45, 2.75) is 13.0 Å². The Bertz CT molecular complexity index is 252. The lowest BCUT2D eigenvalue weighted by Crippen LogP contribution is -2.19. The maximum Gasteiger partial charge on any atom is 0.325 e. The van der Waals surface area contributed by atoms with Gasteiger partial charge in [0.1, 0.15) is 0 Å². The Morgan fingerprint density at radius 3 is 2.80 bits per heavy atom. The van der Waals surface area contributed by atoms with Crippen LogP contribution < -0.4 is 5.69 Å². The van der Waals surface area contributed by atoms with Gasteiger partial charge < -0.3 is 4.98 Å². The molecule has 0 spiro atoms. The molecule has 1 aromatic rings. The highest BCUT2D eigenvalue weighted by Crippen LogP contribution is 1.93. The second-order valence-corrected chi connectivity index (χ2v) is 1.81. The lowest BCUT2D eigenvalue weighted by molar-refractivity contribution is 0.125. The van der Waals surface area contributed by atoms with Crippen LogP contribution in [0.15, 0.2) is 17.2 Å². The van der Waals surface area contributed by atoms with Crippen molar-refractivity contribution in [2.24, 2.45) is 0 Å². The molecule has 0 unspecified atom stereocenters. The minimum Gasteiger partial charge on any atom is -0.313 e. The molecule has 0 fully saturated rings. The van der Waals surface area contributed by atoms with Crippen LogP contribution in [0.2, 0.25) is 0 Å². The molecule has 1 aromatic heterocycles. The topological polar surface area (TPSA) is 37.8 Å². The summed E-state index contributed by atoms with van der Waals surface area (Å²) in [6.07, 6.45) is 0.132. The molecule has 10 heavy (non-hydrogen) atoms. The van der Waals surface area contributed by atoms with Gasteiger partial charge in [0.15, 0.2) is 0 Å². The fourth-order valence-electron chi connectivity index (χ4n) is 0.642. The van der Waals surface area contributed by atoms with Crippen LogP contribution in [-0.2, 0) is 6.54 Å². The molecule has 0 aromatic carbocycles. The molecule has 56 valence electrons. The van der Waals surface area contributed by atoms with E-state index in [0.717, 1.165) is 4.57 Å². The zero-order valence-corrected chi connectivity index (χ0v) is 5.05. The second kappa shape index (κ2) is 2.64. The van der Waals surface area contributed by atoms with Gasteiger partial charge in [0.2, 0.25) is 0 Å². The largest absolute Gasteiger partial charge is 0.325 e. The molecule has 0 aliphatic rings. The lowest BCUT2D eigenvalue weighted by Gasteiger charge is -1.96. The number of halogens is 2. The first kappa shape index (κ1) is 6.98. The molecule has 0 saturated heterocycles. The van der Waals surface area contributed by atoms with Gasteiger partial charge in [-0.15, -0.1) is 0 Å². The van der Waals surface area contributed by atoms with Gasteiger partial charge in [-0.05, 0) is 0 Å². The highest BCUT2D eigenvalue weighted by atomic mass is 19.3. The SMILES string of the molecule is O=c1[nH]ccn1CC(F)F. The van der Waals surface area contributed by atoms with Crippen molar-refractivity contribution >= 4 is 0 Å². The quantitative estimate of drug-likeness (QED) is 0.649. The van der Waals surface area contributed by atoms with Gasteiger partial charge in [-0.25, -0.2) is 13.6 Å². The molecule has 0 radical (unpaired) electrons. The average molecular weight is 148 g/mol. The van der Waals surface area contributed by atoms with Gasteiger partial charge in [-0.1, -0.05) is 0 Å². The number of imidazole rings is 1. The third-order valence-electron chi connectivity index (χ3n) is 1.06. The summed E-state index contributed by atoms with van der Waals surface area (Å²) in [7, 11) is 0. The number of nitrogens with one attached hydrogen (secondary N) is 1.